The van der Waals surface area contributed by atoms with Gasteiger partial charge in [0.1, 0.15) is 14.7 Å². The van der Waals surface area contributed by atoms with E-state index in [-0.39, 0.29) is 50.9 Å². The summed E-state index contributed by atoms with van der Waals surface area (Å²) in [7, 11) is -15.6. The number of carbonyl (C=O) groups is 3. The van der Waals surface area contributed by atoms with Crippen LogP contribution in [-0.2, 0) is 30.4 Å². The maximum absolute atomic E-state index is 13.7. The summed E-state index contributed by atoms with van der Waals surface area (Å²) in [5, 5.41) is 17.0. The summed E-state index contributed by atoms with van der Waals surface area (Å²) in [6.45, 7) is 0. The Bertz CT molecular complexity index is 3220. The number of hydrogen-bond donors (Lipinski definition) is 8. The van der Waals surface area contributed by atoms with E-state index in [0.717, 1.165) is 36.4 Å². The number of benzene rings is 5. The van der Waals surface area contributed by atoms with Crippen LogP contribution in [0.25, 0.3) is 11.1 Å². The highest BCUT2D eigenvalue weighted by Crippen LogP contribution is 2.42. The fourth-order valence-electron chi connectivity index (χ4n) is 6.28. The molecule has 0 saturated heterocycles. The van der Waals surface area contributed by atoms with Gasteiger partial charge in [-0.25, -0.2) is 4.79 Å². The molecule has 0 fully saturated rings. The van der Waals surface area contributed by atoms with Gasteiger partial charge in [0.2, 0.25) is 17.2 Å². The molecule has 20 nitrogen and oxygen atoms in total. The van der Waals surface area contributed by atoms with Crippen molar-refractivity contribution in [1.82, 2.24) is 15.0 Å². The third kappa shape index (κ3) is 8.08. The van der Waals surface area contributed by atoms with Crippen LogP contribution < -0.4 is 21.7 Å². The van der Waals surface area contributed by atoms with Crippen molar-refractivity contribution in [1.29, 1.82) is 0 Å². The maximum Gasteiger partial charge on any atom is 0.335 e. The molecule has 0 bridgehead atoms. The molecule has 0 spiro atoms. The summed E-state index contributed by atoms with van der Waals surface area (Å²) in [6.07, 6.45) is 0. The van der Waals surface area contributed by atoms with E-state index >= 15 is 0 Å². The SMILES string of the molecule is Nc1c(S(=O)(=O)O)cc(Nc2ccc(-c3ccc(Nc4nc(Cl)nc(Nc5cccc(C(=O)O)c5)n4)cc3S(=O)(=O)O)c(S(=O)(=O)O)c2)c2c1C(=O)c1ccccc1C2=O. The van der Waals surface area contributed by atoms with Crippen LogP contribution >= 0.6 is 11.6 Å². The van der Waals surface area contributed by atoms with E-state index in [9.17, 15) is 58.4 Å². The number of hydrogen-bond acceptors (Lipinski definition) is 16. The standard InChI is InChI=1S/C36H24ClN7O13S3/c37-34-42-35(40-17-5-3-4-16(12-17)33(47)48)44-36(43-34)41-19-9-11-21(26(14-19)59(52,53)54)20-10-8-18(13-25(20)58(49,50)51)39-24-15-27(60(55,56)57)30(38)29-28(24)31(45)22-6-1-2-7-23(22)32(29)46/h1-15,39H,38H2,(H,47,48)(H,49,50,51)(H,52,53,54)(H,55,56,57)(H2,40,41,42,43,44). The summed E-state index contributed by atoms with van der Waals surface area (Å²) in [5.74, 6) is -3.25. The Morgan fingerprint density at radius 2 is 1.05 bits per heavy atom. The molecule has 0 saturated carbocycles. The number of nitrogen functional groups attached to an aromatic ring is 1. The minimum Gasteiger partial charge on any atom is -0.478 e. The number of ketones is 2. The molecule has 24 heteroatoms. The van der Waals surface area contributed by atoms with Crippen molar-refractivity contribution in [2.75, 3.05) is 21.7 Å². The van der Waals surface area contributed by atoms with Crippen LogP contribution in [0, 0.1) is 0 Å². The predicted octanol–water partition coefficient (Wildman–Crippen LogP) is 5.22. The number of aromatic carboxylic acids is 1. The van der Waals surface area contributed by atoms with Gasteiger partial charge in [0.15, 0.2) is 11.6 Å². The van der Waals surface area contributed by atoms with E-state index in [0.29, 0.717) is 0 Å². The summed E-state index contributed by atoms with van der Waals surface area (Å²) in [5.41, 5.74) is 2.65. The van der Waals surface area contributed by atoms with Gasteiger partial charge in [-0.15, -0.1) is 0 Å². The minimum atomic E-state index is -5.27. The Balaban J connectivity index is 1.28. The Morgan fingerprint density at radius 3 is 1.55 bits per heavy atom. The second-order valence-corrected chi connectivity index (χ2v) is 17.2. The first kappa shape index (κ1) is 41.3. The smallest absolute Gasteiger partial charge is 0.335 e. The Kier molecular flexibility index (Phi) is 10.4. The molecule has 60 heavy (non-hydrogen) atoms. The molecule has 1 aliphatic rings. The number of aromatic nitrogens is 3. The van der Waals surface area contributed by atoms with Crippen LogP contribution in [0.5, 0.6) is 0 Å². The average molecular weight is 894 g/mol. The lowest BCUT2D eigenvalue weighted by molar-refractivity contribution is 0.0696. The Hall–Kier alpha value is -6.86. The number of anilines is 7. The van der Waals surface area contributed by atoms with Crippen molar-refractivity contribution in [3.05, 3.63) is 124 Å². The van der Waals surface area contributed by atoms with Crippen molar-refractivity contribution >= 4 is 99.8 Å². The molecule has 1 heterocycles. The molecule has 1 aromatic heterocycles. The number of carbonyl (C=O) groups excluding carboxylic acids is 2. The zero-order chi connectivity index (χ0) is 43.5. The van der Waals surface area contributed by atoms with Gasteiger partial charge in [-0.2, -0.15) is 40.2 Å². The topological polar surface area (TPSA) is 335 Å². The van der Waals surface area contributed by atoms with Gasteiger partial charge in [-0.05, 0) is 60.1 Å². The van der Waals surface area contributed by atoms with Gasteiger partial charge < -0.3 is 26.8 Å². The summed E-state index contributed by atoms with van der Waals surface area (Å²) in [6, 6.07) is 18.1. The molecule has 0 atom stereocenters. The third-order valence-corrected chi connectivity index (χ3v) is 11.6. The van der Waals surface area contributed by atoms with Crippen LogP contribution in [0.2, 0.25) is 5.28 Å². The highest BCUT2D eigenvalue weighted by Gasteiger charge is 2.37. The largest absolute Gasteiger partial charge is 0.478 e. The average Bonchev–Trinajstić information content (AvgIpc) is 3.16. The van der Waals surface area contributed by atoms with Crippen molar-refractivity contribution in [2.24, 2.45) is 0 Å². The number of nitrogens with one attached hydrogen (secondary N) is 3. The molecule has 0 unspecified atom stereocenters. The summed E-state index contributed by atoms with van der Waals surface area (Å²) < 4.78 is 107. The van der Waals surface area contributed by atoms with Gasteiger partial charge in [0, 0.05) is 39.3 Å². The number of rotatable bonds is 11. The zero-order valence-electron chi connectivity index (χ0n) is 29.6. The molecular weight excluding hydrogens is 870 g/mol. The van der Waals surface area contributed by atoms with Crippen molar-refractivity contribution < 1.29 is 58.4 Å². The van der Waals surface area contributed by atoms with Crippen LogP contribution in [0.15, 0.2) is 106 Å². The fraction of sp³-hybridized carbons (Fsp3) is 0. The Morgan fingerprint density at radius 1 is 0.567 bits per heavy atom. The van der Waals surface area contributed by atoms with Gasteiger partial charge >= 0.3 is 5.97 Å². The lowest BCUT2D eigenvalue weighted by Crippen LogP contribution is -2.25. The number of halogens is 1. The first-order chi connectivity index (χ1) is 28.1. The first-order valence-corrected chi connectivity index (χ1v) is 21.2. The van der Waals surface area contributed by atoms with Gasteiger partial charge in [-0.1, -0.05) is 42.5 Å². The monoisotopic (exact) mass is 893 g/mol. The zero-order valence-corrected chi connectivity index (χ0v) is 32.9. The number of nitrogens with two attached hydrogens (primary N) is 1. The molecular formula is C36H24ClN7O13S3. The molecule has 6 aromatic rings. The maximum atomic E-state index is 13.7. The third-order valence-electron chi connectivity index (χ3n) is 8.80. The van der Waals surface area contributed by atoms with E-state index in [2.05, 4.69) is 30.9 Å². The van der Waals surface area contributed by atoms with Crippen LogP contribution in [-0.4, -0.2) is 76.5 Å². The van der Waals surface area contributed by atoms with Crippen molar-refractivity contribution in [2.45, 2.75) is 14.7 Å². The van der Waals surface area contributed by atoms with E-state index in [1.807, 2.05) is 0 Å². The van der Waals surface area contributed by atoms with E-state index < -0.39 is 96.2 Å². The lowest BCUT2D eigenvalue weighted by atomic mass is 9.82. The highest BCUT2D eigenvalue weighted by atomic mass is 35.5. The van der Waals surface area contributed by atoms with E-state index in [1.54, 1.807) is 0 Å². The van der Waals surface area contributed by atoms with Crippen LogP contribution in [0.3, 0.4) is 0 Å². The highest BCUT2D eigenvalue weighted by molar-refractivity contribution is 7.86. The van der Waals surface area contributed by atoms with Crippen molar-refractivity contribution in [3.63, 3.8) is 0 Å². The van der Waals surface area contributed by atoms with Crippen LogP contribution in [0.1, 0.15) is 42.2 Å². The minimum absolute atomic E-state index is 0.0466. The predicted molar refractivity (Wildman–Crippen MR) is 214 cm³/mol. The van der Waals surface area contributed by atoms with Crippen molar-refractivity contribution in [3.8, 4) is 11.1 Å². The van der Waals surface area contributed by atoms with Gasteiger partial charge in [0.05, 0.1) is 28.1 Å². The number of carboxylic acids is 1. The second-order valence-electron chi connectivity index (χ2n) is 12.6. The molecule has 7 rings (SSSR count). The summed E-state index contributed by atoms with van der Waals surface area (Å²) in [4.78, 5) is 47.9. The van der Waals surface area contributed by atoms with E-state index in [4.69, 9.17) is 17.3 Å². The van der Waals surface area contributed by atoms with Gasteiger partial charge in [-0.3, -0.25) is 23.2 Å². The molecule has 1 aliphatic carbocycles. The summed E-state index contributed by atoms with van der Waals surface area (Å²) >= 11 is 6.07. The quantitative estimate of drug-likeness (QED) is 0.0609. The van der Waals surface area contributed by atoms with Crippen LogP contribution in [0.4, 0.5) is 40.3 Å². The molecule has 0 radical (unpaired) electrons. The van der Waals surface area contributed by atoms with Gasteiger partial charge in [0.25, 0.3) is 30.4 Å². The lowest BCUT2D eigenvalue weighted by Gasteiger charge is -2.24. The molecule has 9 N–H and O–H groups in total. The fourth-order valence-corrected chi connectivity index (χ4v) is 8.55. The molecule has 0 amide bonds. The molecule has 0 aliphatic heterocycles. The Labute approximate surface area is 343 Å². The molecule has 306 valence electrons. The number of fused-ring (bicyclic) bond motifs is 2. The number of carboxylic acid groups (broad SMARTS) is 1. The molecule has 5 aromatic carbocycles. The number of nitrogens with zero attached hydrogens (tertiary/aromatic N) is 3. The first-order valence-electron chi connectivity index (χ1n) is 16.5. The normalized spacial score (nSPS) is 12.7. The second kappa shape index (κ2) is 15.1. The van der Waals surface area contributed by atoms with E-state index in [1.165, 1.54) is 54.6 Å².